The minimum atomic E-state index is -0.746. The number of carbonyl (C=O) groups excluding carboxylic acids is 1. The van der Waals surface area contributed by atoms with Gasteiger partial charge in [0.15, 0.2) is 0 Å². The van der Waals surface area contributed by atoms with E-state index >= 15 is 0 Å². The number of non-ortho nitro benzene ring substituents is 2. The first-order valence-electron chi connectivity index (χ1n) is 8.51. The van der Waals surface area contributed by atoms with Crippen LogP contribution in [0.2, 0.25) is 0 Å². The standard InChI is InChI=1S/C18H18N4O6/c1-28-17-4-2-3-14(12-17)19-5-7-20(8-6-19)18(23)13-9-15(21(24)25)11-16(10-13)22(26)27/h2-4,9-12H,5-8H2,1H3. The molecule has 0 aromatic heterocycles. The van der Waals surface area contributed by atoms with Crippen LogP contribution in [0.1, 0.15) is 10.4 Å². The van der Waals surface area contributed by atoms with Crippen LogP contribution in [0.25, 0.3) is 0 Å². The van der Waals surface area contributed by atoms with Crippen LogP contribution in [0.15, 0.2) is 42.5 Å². The lowest BCUT2D eigenvalue weighted by molar-refractivity contribution is -0.394. The molecule has 28 heavy (non-hydrogen) atoms. The van der Waals surface area contributed by atoms with Crippen molar-refractivity contribution in [2.45, 2.75) is 0 Å². The second-order valence-electron chi connectivity index (χ2n) is 6.23. The van der Waals surface area contributed by atoms with Crippen LogP contribution < -0.4 is 9.64 Å². The highest BCUT2D eigenvalue weighted by Gasteiger charge is 2.26. The minimum Gasteiger partial charge on any atom is -0.497 e. The smallest absolute Gasteiger partial charge is 0.277 e. The van der Waals surface area contributed by atoms with Gasteiger partial charge in [-0.2, -0.15) is 0 Å². The number of benzene rings is 2. The van der Waals surface area contributed by atoms with Crippen molar-refractivity contribution in [2.24, 2.45) is 0 Å². The quantitative estimate of drug-likeness (QED) is 0.572. The first-order valence-corrected chi connectivity index (χ1v) is 8.51. The summed E-state index contributed by atoms with van der Waals surface area (Å²) in [6.45, 7) is 1.92. The molecule has 3 rings (SSSR count). The van der Waals surface area contributed by atoms with E-state index in [4.69, 9.17) is 4.74 Å². The highest BCUT2D eigenvalue weighted by molar-refractivity contribution is 5.95. The van der Waals surface area contributed by atoms with E-state index in [1.54, 1.807) is 12.0 Å². The number of methoxy groups -OCH3 is 1. The molecule has 10 heteroatoms. The summed E-state index contributed by atoms with van der Waals surface area (Å²) in [4.78, 5) is 36.9. The molecule has 1 saturated heterocycles. The molecule has 1 heterocycles. The molecule has 1 amide bonds. The summed E-state index contributed by atoms with van der Waals surface area (Å²) in [5, 5.41) is 22.0. The van der Waals surface area contributed by atoms with Crippen LogP contribution in [-0.4, -0.2) is 53.9 Å². The Morgan fingerprint density at radius 1 is 0.964 bits per heavy atom. The van der Waals surface area contributed by atoms with Gasteiger partial charge in [0.1, 0.15) is 5.75 Å². The predicted molar refractivity (Wildman–Crippen MR) is 101 cm³/mol. The lowest BCUT2D eigenvalue weighted by Gasteiger charge is -2.36. The lowest BCUT2D eigenvalue weighted by atomic mass is 10.1. The maximum atomic E-state index is 12.7. The number of carbonyl (C=O) groups is 1. The zero-order valence-electron chi connectivity index (χ0n) is 15.1. The van der Waals surface area contributed by atoms with Gasteiger partial charge in [-0.25, -0.2) is 0 Å². The third-order valence-electron chi connectivity index (χ3n) is 4.56. The summed E-state index contributed by atoms with van der Waals surface area (Å²) in [7, 11) is 1.59. The third-order valence-corrected chi connectivity index (χ3v) is 4.56. The van der Waals surface area contributed by atoms with Crippen LogP contribution in [0, 0.1) is 20.2 Å². The van der Waals surface area contributed by atoms with Crippen molar-refractivity contribution in [3.8, 4) is 5.75 Å². The minimum absolute atomic E-state index is 0.0595. The summed E-state index contributed by atoms with van der Waals surface area (Å²) in [6.07, 6.45) is 0. The van der Waals surface area contributed by atoms with E-state index in [9.17, 15) is 25.0 Å². The van der Waals surface area contributed by atoms with Crippen molar-refractivity contribution in [3.05, 3.63) is 68.3 Å². The fraction of sp³-hybridized carbons (Fsp3) is 0.278. The van der Waals surface area contributed by atoms with Gasteiger partial charge in [-0.15, -0.1) is 0 Å². The Morgan fingerprint density at radius 2 is 1.57 bits per heavy atom. The highest BCUT2D eigenvalue weighted by Crippen LogP contribution is 2.25. The van der Waals surface area contributed by atoms with Gasteiger partial charge in [0.2, 0.25) is 0 Å². The molecule has 0 atom stereocenters. The maximum absolute atomic E-state index is 12.7. The molecule has 0 saturated carbocycles. The molecule has 146 valence electrons. The van der Waals surface area contributed by atoms with Gasteiger partial charge in [0.25, 0.3) is 17.3 Å². The van der Waals surface area contributed by atoms with Gasteiger partial charge in [-0.05, 0) is 12.1 Å². The van der Waals surface area contributed by atoms with Crippen LogP contribution in [-0.2, 0) is 0 Å². The molecule has 2 aromatic rings. The molecule has 1 fully saturated rings. The van der Waals surface area contributed by atoms with Gasteiger partial charge < -0.3 is 14.5 Å². The van der Waals surface area contributed by atoms with E-state index in [0.717, 1.165) is 29.6 Å². The van der Waals surface area contributed by atoms with Gasteiger partial charge in [0, 0.05) is 50.1 Å². The molecule has 0 radical (unpaired) electrons. The van der Waals surface area contributed by atoms with E-state index in [0.29, 0.717) is 26.2 Å². The van der Waals surface area contributed by atoms with Crippen LogP contribution in [0.3, 0.4) is 0 Å². The largest absolute Gasteiger partial charge is 0.497 e. The van der Waals surface area contributed by atoms with Gasteiger partial charge in [0.05, 0.1) is 28.6 Å². The number of ether oxygens (including phenoxy) is 1. The number of piperazine rings is 1. The molecule has 10 nitrogen and oxygen atoms in total. The highest BCUT2D eigenvalue weighted by atomic mass is 16.6. The maximum Gasteiger partial charge on any atom is 0.277 e. The molecular formula is C18H18N4O6. The molecular weight excluding hydrogens is 368 g/mol. The number of anilines is 1. The first kappa shape index (κ1) is 19.1. The Labute approximate surface area is 160 Å². The molecule has 0 spiro atoms. The van der Waals surface area contributed by atoms with Gasteiger partial charge in [-0.3, -0.25) is 25.0 Å². The topological polar surface area (TPSA) is 119 Å². The van der Waals surface area contributed by atoms with E-state index in [2.05, 4.69) is 4.90 Å². The number of hydrogen-bond acceptors (Lipinski definition) is 7. The third kappa shape index (κ3) is 4.00. The first-order chi connectivity index (χ1) is 13.4. The molecule has 1 aliphatic rings. The number of nitro groups is 2. The lowest BCUT2D eigenvalue weighted by Crippen LogP contribution is -2.48. The SMILES string of the molecule is COc1cccc(N2CCN(C(=O)c3cc([N+](=O)[O-])cc([N+](=O)[O-])c3)CC2)c1. The summed E-state index contributed by atoms with van der Waals surface area (Å²) < 4.78 is 5.22. The van der Waals surface area contributed by atoms with Crippen molar-refractivity contribution in [1.29, 1.82) is 0 Å². The predicted octanol–water partition coefficient (Wildman–Crippen LogP) is 2.47. The van der Waals surface area contributed by atoms with E-state index in [1.165, 1.54) is 0 Å². The van der Waals surface area contributed by atoms with Crippen molar-refractivity contribution >= 4 is 23.0 Å². The number of rotatable bonds is 5. The number of nitro benzene ring substituents is 2. The van der Waals surface area contributed by atoms with Gasteiger partial charge >= 0.3 is 0 Å². The Balaban J connectivity index is 1.74. The monoisotopic (exact) mass is 386 g/mol. The van der Waals surface area contributed by atoms with E-state index in [-0.39, 0.29) is 5.56 Å². The molecule has 2 aromatic carbocycles. The second-order valence-corrected chi connectivity index (χ2v) is 6.23. The van der Waals surface area contributed by atoms with Crippen LogP contribution in [0.4, 0.5) is 17.1 Å². The van der Waals surface area contributed by atoms with E-state index < -0.39 is 27.1 Å². The van der Waals surface area contributed by atoms with Crippen molar-refractivity contribution < 1.29 is 19.4 Å². The normalized spacial score (nSPS) is 13.9. The van der Waals surface area contributed by atoms with Crippen molar-refractivity contribution in [3.63, 3.8) is 0 Å². The number of amides is 1. The Bertz CT molecular complexity index is 892. The average Bonchev–Trinajstić information content (AvgIpc) is 2.73. The fourth-order valence-electron chi connectivity index (χ4n) is 3.09. The van der Waals surface area contributed by atoms with Crippen LogP contribution >= 0.6 is 0 Å². The van der Waals surface area contributed by atoms with Crippen LogP contribution in [0.5, 0.6) is 5.75 Å². The molecule has 0 bridgehead atoms. The number of nitrogens with zero attached hydrogens (tertiary/aromatic N) is 4. The summed E-state index contributed by atoms with van der Waals surface area (Å²) in [5.41, 5.74) is -0.0479. The molecule has 0 unspecified atom stereocenters. The average molecular weight is 386 g/mol. The summed E-state index contributed by atoms with van der Waals surface area (Å²) in [6, 6.07) is 10.6. The zero-order chi connectivity index (χ0) is 20.3. The molecule has 1 aliphatic heterocycles. The zero-order valence-corrected chi connectivity index (χ0v) is 15.1. The van der Waals surface area contributed by atoms with Crippen molar-refractivity contribution in [2.75, 3.05) is 38.2 Å². The Morgan fingerprint density at radius 3 is 2.11 bits per heavy atom. The fourth-order valence-corrected chi connectivity index (χ4v) is 3.09. The molecule has 0 N–H and O–H groups in total. The van der Waals surface area contributed by atoms with Crippen molar-refractivity contribution in [1.82, 2.24) is 4.90 Å². The molecule has 0 aliphatic carbocycles. The summed E-state index contributed by atoms with van der Waals surface area (Å²) >= 11 is 0. The van der Waals surface area contributed by atoms with Gasteiger partial charge in [-0.1, -0.05) is 6.07 Å². The van der Waals surface area contributed by atoms with E-state index in [1.807, 2.05) is 24.3 Å². The number of hydrogen-bond donors (Lipinski definition) is 0. The Kier molecular flexibility index (Phi) is 5.39. The summed E-state index contributed by atoms with van der Waals surface area (Å²) in [5.74, 6) is 0.275. The second kappa shape index (κ2) is 7.91. The Hall–Kier alpha value is -3.69.